The Morgan fingerprint density at radius 3 is 2.52 bits per heavy atom. The average molecular weight is 405 g/mol. The molecule has 1 amide bonds. The quantitative estimate of drug-likeness (QED) is 0.752. The number of piperidine rings is 2. The summed E-state index contributed by atoms with van der Waals surface area (Å²) in [7, 11) is 0. The lowest BCUT2D eigenvalue weighted by Gasteiger charge is -2.46. The van der Waals surface area contributed by atoms with E-state index in [2.05, 4.69) is 20.8 Å². The Morgan fingerprint density at radius 2 is 1.83 bits per heavy atom. The van der Waals surface area contributed by atoms with E-state index in [-0.39, 0.29) is 6.09 Å². The second kappa shape index (κ2) is 9.96. The largest absolute Gasteiger partial charge is 0.468 e. The van der Waals surface area contributed by atoms with Crippen molar-refractivity contribution >= 4 is 6.09 Å². The van der Waals surface area contributed by atoms with Gasteiger partial charge in [0.1, 0.15) is 5.76 Å². The molecule has 162 valence electrons. The number of hydrogen-bond acceptors (Lipinski definition) is 6. The molecular formula is C22H36N4O3. The number of carbonyl (C=O) groups is 1. The van der Waals surface area contributed by atoms with Gasteiger partial charge >= 0.3 is 6.09 Å². The van der Waals surface area contributed by atoms with Crippen LogP contribution in [0, 0.1) is 0 Å². The molecule has 0 saturated carbocycles. The highest BCUT2D eigenvalue weighted by Gasteiger charge is 2.33. The Morgan fingerprint density at radius 1 is 1.03 bits per heavy atom. The van der Waals surface area contributed by atoms with E-state index in [4.69, 9.17) is 9.15 Å². The van der Waals surface area contributed by atoms with Crippen LogP contribution in [0.2, 0.25) is 0 Å². The summed E-state index contributed by atoms with van der Waals surface area (Å²) >= 11 is 0. The highest BCUT2D eigenvalue weighted by atomic mass is 16.6. The minimum absolute atomic E-state index is 0.154. The fourth-order valence-corrected chi connectivity index (χ4v) is 5.16. The zero-order chi connectivity index (χ0) is 20.1. The number of piperazine rings is 1. The Hall–Kier alpha value is -1.57. The van der Waals surface area contributed by atoms with Crippen LogP contribution < -0.4 is 0 Å². The van der Waals surface area contributed by atoms with E-state index < -0.39 is 0 Å². The van der Waals surface area contributed by atoms with E-state index in [1.165, 1.54) is 38.8 Å². The summed E-state index contributed by atoms with van der Waals surface area (Å²) in [6.07, 6.45) is 6.69. The van der Waals surface area contributed by atoms with E-state index in [0.29, 0.717) is 18.7 Å². The van der Waals surface area contributed by atoms with Gasteiger partial charge in [-0.3, -0.25) is 14.7 Å². The molecule has 0 aliphatic carbocycles. The summed E-state index contributed by atoms with van der Waals surface area (Å²) in [5.41, 5.74) is 0. The fourth-order valence-electron chi connectivity index (χ4n) is 5.16. The van der Waals surface area contributed by atoms with Crippen molar-refractivity contribution in [3.8, 4) is 0 Å². The van der Waals surface area contributed by atoms with E-state index in [0.717, 1.165) is 51.6 Å². The molecule has 1 atom stereocenters. The van der Waals surface area contributed by atoms with Crippen molar-refractivity contribution in [1.82, 2.24) is 19.6 Å². The Balaban J connectivity index is 1.21. The van der Waals surface area contributed by atoms with Gasteiger partial charge in [-0.25, -0.2) is 4.79 Å². The van der Waals surface area contributed by atoms with E-state index in [1.807, 2.05) is 17.9 Å². The standard InChI is InChI=1S/C22H36N4O3/c1-2-28-22(27)25-14-12-24(13-15-25)20-5-3-9-26(17-20)19-7-10-23(11-8-19)18-21-6-4-16-29-21/h4,6,16,19-20H,2-3,5,7-15,17-18H2,1H3/t20-/m1/s1. The van der Waals surface area contributed by atoms with Crippen LogP contribution in [0.5, 0.6) is 0 Å². The van der Waals surface area contributed by atoms with Crippen LogP contribution in [0.15, 0.2) is 22.8 Å². The predicted octanol–water partition coefficient (Wildman–Crippen LogP) is 2.48. The summed E-state index contributed by atoms with van der Waals surface area (Å²) in [6.45, 7) is 11.5. The second-order valence-electron chi connectivity index (χ2n) is 8.60. The third-order valence-corrected chi connectivity index (χ3v) is 6.82. The molecule has 3 saturated heterocycles. The summed E-state index contributed by atoms with van der Waals surface area (Å²) < 4.78 is 10.7. The lowest BCUT2D eigenvalue weighted by atomic mass is 9.96. The third kappa shape index (κ3) is 5.32. The molecule has 0 N–H and O–H groups in total. The molecule has 1 aromatic rings. The highest BCUT2D eigenvalue weighted by Crippen LogP contribution is 2.25. The maximum Gasteiger partial charge on any atom is 0.409 e. The topological polar surface area (TPSA) is 52.4 Å². The van der Waals surface area contributed by atoms with Crippen LogP contribution >= 0.6 is 0 Å². The monoisotopic (exact) mass is 404 g/mol. The van der Waals surface area contributed by atoms with Gasteiger partial charge in [-0.05, 0) is 51.3 Å². The molecule has 3 aliphatic heterocycles. The molecule has 7 nitrogen and oxygen atoms in total. The number of hydrogen-bond donors (Lipinski definition) is 0. The Kier molecular flexibility index (Phi) is 7.11. The van der Waals surface area contributed by atoms with Gasteiger partial charge in [-0.1, -0.05) is 0 Å². The van der Waals surface area contributed by atoms with Crippen molar-refractivity contribution in [1.29, 1.82) is 0 Å². The number of likely N-dealkylation sites (tertiary alicyclic amines) is 2. The molecule has 0 radical (unpaired) electrons. The molecule has 3 fully saturated rings. The molecule has 3 aliphatic rings. The summed E-state index contributed by atoms with van der Waals surface area (Å²) in [6, 6.07) is 5.40. The van der Waals surface area contributed by atoms with E-state index in [9.17, 15) is 4.79 Å². The normalized spacial score (nSPS) is 26.0. The second-order valence-corrected chi connectivity index (χ2v) is 8.60. The number of ether oxygens (including phenoxy) is 1. The Labute approximate surface area is 174 Å². The lowest BCUT2D eigenvalue weighted by Crippen LogP contribution is -2.58. The fraction of sp³-hybridized carbons (Fsp3) is 0.773. The van der Waals surface area contributed by atoms with Crippen LogP contribution in [-0.4, -0.2) is 96.7 Å². The first-order valence-corrected chi connectivity index (χ1v) is 11.4. The first-order valence-electron chi connectivity index (χ1n) is 11.4. The lowest BCUT2D eigenvalue weighted by molar-refractivity contribution is 0.0195. The zero-order valence-electron chi connectivity index (χ0n) is 17.8. The van der Waals surface area contributed by atoms with Crippen LogP contribution in [0.25, 0.3) is 0 Å². The van der Waals surface area contributed by atoms with Gasteiger partial charge in [-0.2, -0.15) is 0 Å². The zero-order valence-corrected chi connectivity index (χ0v) is 17.8. The molecule has 1 aromatic heterocycles. The number of nitrogens with zero attached hydrogens (tertiary/aromatic N) is 4. The number of amides is 1. The van der Waals surface area contributed by atoms with Gasteiger partial charge in [0.15, 0.2) is 0 Å². The molecule has 4 heterocycles. The van der Waals surface area contributed by atoms with Gasteiger partial charge < -0.3 is 14.1 Å². The summed E-state index contributed by atoms with van der Waals surface area (Å²) in [5.74, 6) is 1.07. The first-order chi connectivity index (χ1) is 14.2. The van der Waals surface area contributed by atoms with Crippen molar-refractivity contribution in [2.24, 2.45) is 0 Å². The smallest absolute Gasteiger partial charge is 0.409 e. The van der Waals surface area contributed by atoms with Crippen molar-refractivity contribution < 1.29 is 13.9 Å². The van der Waals surface area contributed by atoms with Crippen LogP contribution in [0.3, 0.4) is 0 Å². The van der Waals surface area contributed by atoms with Crippen molar-refractivity contribution in [2.75, 3.05) is 59.0 Å². The van der Waals surface area contributed by atoms with Gasteiger partial charge in [0.25, 0.3) is 0 Å². The Bertz CT molecular complexity index is 622. The summed E-state index contributed by atoms with van der Waals surface area (Å²) in [4.78, 5) is 21.7. The molecule has 29 heavy (non-hydrogen) atoms. The molecule has 4 rings (SSSR count). The van der Waals surface area contributed by atoms with Gasteiger partial charge in [0, 0.05) is 57.9 Å². The third-order valence-electron chi connectivity index (χ3n) is 6.82. The van der Waals surface area contributed by atoms with Crippen molar-refractivity contribution in [3.05, 3.63) is 24.2 Å². The maximum atomic E-state index is 11.9. The molecule has 0 spiro atoms. The first kappa shape index (κ1) is 20.7. The van der Waals surface area contributed by atoms with Gasteiger partial charge in [0.2, 0.25) is 0 Å². The average Bonchev–Trinajstić information content (AvgIpc) is 3.28. The van der Waals surface area contributed by atoms with Crippen LogP contribution in [-0.2, 0) is 11.3 Å². The molecule has 0 aromatic carbocycles. The number of furan rings is 1. The van der Waals surface area contributed by atoms with Gasteiger partial charge in [0.05, 0.1) is 19.4 Å². The van der Waals surface area contributed by atoms with Crippen LogP contribution in [0.4, 0.5) is 4.79 Å². The minimum Gasteiger partial charge on any atom is -0.468 e. The molecule has 0 bridgehead atoms. The van der Waals surface area contributed by atoms with Crippen molar-refractivity contribution in [3.63, 3.8) is 0 Å². The van der Waals surface area contributed by atoms with E-state index >= 15 is 0 Å². The molecule has 7 heteroatoms. The number of carbonyl (C=O) groups excluding carboxylic acids is 1. The minimum atomic E-state index is -0.154. The highest BCUT2D eigenvalue weighted by molar-refractivity contribution is 5.67. The van der Waals surface area contributed by atoms with Gasteiger partial charge in [-0.15, -0.1) is 0 Å². The SMILES string of the molecule is CCOC(=O)N1CCN([C@@H]2CCCN(C3CCN(Cc4ccco4)CC3)C2)CC1. The molecular weight excluding hydrogens is 368 g/mol. The van der Waals surface area contributed by atoms with Crippen LogP contribution in [0.1, 0.15) is 38.4 Å². The predicted molar refractivity (Wildman–Crippen MR) is 112 cm³/mol. The van der Waals surface area contributed by atoms with E-state index in [1.54, 1.807) is 6.26 Å². The summed E-state index contributed by atoms with van der Waals surface area (Å²) in [5, 5.41) is 0. The molecule has 0 unspecified atom stereocenters. The number of rotatable bonds is 5. The maximum absolute atomic E-state index is 11.9. The van der Waals surface area contributed by atoms with Crippen molar-refractivity contribution in [2.45, 2.75) is 51.2 Å².